The summed E-state index contributed by atoms with van der Waals surface area (Å²) in [6.07, 6.45) is 0. The number of amides is 1. The summed E-state index contributed by atoms with van der Waals surface area (Å²) in [5.41, 5.74) is 0.234. The lowest BCUT2D eigenvalue weighted by atomic mass is 10.2. The summed E-state index contributed by atoms with van der Waals surface area (Å²) in [5, 5.41) is 0. The number of carbonyl (C=O) groups is 1. The summed E-state index contributed by atoms with van der Waals surface area (Å²) in [4.78, 5) is 14.6. The van der Waals surface area contributed by atoms with Gasteiger partial charge in [0.15, 0.2) is 0 Å². The fourth-order valence-corrected chi connectivity index (χ4v) is 4.48. The molecule has 0 unspecified atom stereocenters. The highest BCUT2D eigenvalue weighted by molar-refractivity contribution is 7.92. The Hall–Kier alpha value is -2.78. The molecule has 1 saturated heterocycles. The van der Waals surface area contributed by atoms with E-state index in [2.05, 4.69) is 0 Å². The number of benzene rings is 2. The molecule has 156 valence electrons. The van der Waals surface area contributed by atoms with Crippen molar-refractivity contribution in [1.29, 1.82) is 0 Å². The first-order valence-corrected chi connectivity index (χ1v) is 10.6. The van der Waals surface area contributed by atoms with Gasteiger partial charge in [-0.1, -0.05) is 18.2 Å². The minimum absolute atomic E-state index is 0.0830. The minimum Gasteiger partial charge on any atom is -0.497 e. The molecule has 2 aromatic rings. The van der Waals surface area contributed by atoms with E-state index in [-0.39, 0.29) is 23.0 Å². The number of hydrogen-bond acceptors (Lipinski definition) is 6. The van der Waals surface area contributed by atoms with Crippen LogP contribution in [0.25, 0.3) is 0 Å². The molecular weight excluding hydrogens is 396 g/mol. The molecule has 1 aliphatic heterocycles. The second-order valence-corrected chi connectivity index (χ2v) is 8.22. The number of carbonyl (C=O) groups excluding carboxylic acids is 1. The van der Waals surface area contributed by atoms with Crippen molar-refractivity contribution in [1.82, 2.24) is 4.90 Å². The van der Waals surface area contributed by atoms with E-state index in [1.54, 1.807) is 41.3 Å². The van der Waals surface area contributed by atoms with Crippen molar-refractivity contribution in [2.45, 2.75) is 4.90 Å². The lowest BCUT2D eigenvalue weighted by Crippen LogP contribution is -2.47. The first-order chi connectivity index (χ1) is 14.0. The largest absolute Gasteiger partial charge is 0.497 e. The van der Waals surface area contributed by atoms with Gasteiger partial charge in [0.2, 0.25) is 5.91 Å². The number of morpholine rings is 1. The van der Waals surface area contributed by atoms with Crippen molar-refractivity contribution in [3.63, 3.8) is 0 Å². The smallest absolute Gasteiger partial charge is 0.264 e. The maximum Gasteiger partial charge on any atom is 0.264 e. The lowest BCUT2D eigenvalue weighted by molar-refractivity contribution is -0.133. The third-order valence-corrected chi connectivity index (χ3v) is 6.40. The number of methoxy groups -OCH3 is 2. The topological polar surface area (TPSA) is 85.4 Å². The molecule has 0 spiro atoms. The third-order valence-electron chi connectivity index (χ3n) is 4.63. The van der Waals surface area contributed by atoms with E-state index in [1.807, 2.05) is 0 Å². The Morgan fingerprint density at radius 2 is 1.76 bits per heavy atom. The van der Waals surface area contributed by atoms with Gasteiger partial charge < -0.3 is 19.1 Å². The summed E-state index contributed by atoms with van der Waals surface area (Å²) in [5.74, 6) is 0.464. The molecule has 1 aliphatic rings. The van der Waals surface area contributed by atoms with E-state index in [9.17, 15) is 13.2 Å². The molecular formula is C20H24N2O6S. The average molecular weight is 420 g/mol. The molecule has 2 aromatic carbocycles. The van der Waals surface area contributed by atoms with Crippen LogP contribution in [0.4, 0.5) is 5.69 Å². The van der Waals surface area contributed by atoms with Gasteiger partial charge in [0.1, 0.15) is 18.0 Å². The van der Waals surface area contributed by atoms with Gasteiger partial charge in [-0.2, -0.15) is 0 Å². The third kappa shape index (κ3) is 4.63. The Labute approximate surface area is 170 Å². The highest BCUT2D eigenvalue weighted by Crippen LogP contribution is 2.35. The summed E-state index contributed by atoms with van der Waals surface area (Å²) < 4.78 is 43.9. The molecule has 0 bridgehead atoms. The molecule has 0 aromatic heterocycles. The van der Waals surface area contributed by atoms with E-state index in [0.717, 1.165) is 4.31 Å². The van der Waals surface area contributed by atoms with Crippen molar-refractivity contribution < 1.29 is 27.4 Å². The molecule has 1 heterocycles. The normalized spacial score (nSPS) is 14.3. The van der Waals surface area contributed by atoms with E-state index in [4.69, 9.17) is 14.2 Å². The Bertz CT molecular complexity index is 943. The van der Waals surface area contributed by atoms with Crippen LogP contribution in [0.15, 0.2) is 53.4 Å². The maximum absolute atomic E-state index is 13.5. The molecule has 0 atom stereocenters. The van der Waals surface area contributed by atoms with Crippen LogP contribution in [-0.2, 0) is 19.6 Å². The van der Waals surface area contributed by atoms with Crippen LogP contribution >= 0.6 is 0 Å². The van der Waals surface area contributed by atoms with Crippen molar-refractivity contribution >= 4 is 21.6 Å². The van der Waals surface area contributed by atoms with Crippen molar-refractivity contribution in [2.75, 3.05) is 51.4 Å². The molecule has 0 radical (unpaired) electrons. The summed E-state index contributed by atoms with van der Waals surface area (Å²) in [6, 6.07) is 12.8. The molecule has 29 heavy (non-hydrogen) atoms. The zero-order valence-electron chi connectivity index (χ0n) is 16.4. The highest BCUT2D eigenvalue weighted by atomic mass is 32.2. The maximum atomic E-state index is 13.5. The molecule has 0 aliphatic carbocycles. The van der Waals surface area contributed by atoms with Gasteiger partial charge in [0.25, 0.3) is 10.0 Å². The first-order valence-electron chi connectivity index (χ1n) is 9.12. The van der Waals surface area contributed by atoms with Gasteiger partial charge in [0, 0.05) is 19.2 Å². The Morgan fingerprint density at radius 1 is 1.07 bits per heavy atom. The van der Waals surface area contributed by atoms with E-state index in [0.29, 0.717) is 37.8 Å². The van der Waals surface area contributed by atoms with E-state index >= 15 is 0 Å². The Morgan fingerprint density at radius 3 is 2.38 bits per heavy atom. The van der Waals surface area contributed by atoms with Crippen LogP contribution in [0.5, 0.6) is 11.5 Å². The summed E-state index contributed by atoms with van der Waals surface area (Å²) in [6.45, 7) is 1.35. The fraction of sp³-hybridized carbons (Fsp3) is 0.350. The Balaban J connectivity index is 2.06. The summed E-state index contributed by atoms with van der Waals surface area (Å²) in [7, 11) is -1.09. The minimum atomic E-state index is -4.03. The number of sulfonamides is 1. The number of hydrogen-bond donors (Lipinski definition) is 0. The lowest BCUT2D eigenvalue weighted by Gasteiger charge is -2.31. The second-order valence-electron chi connectivity index (χ2n) is 6.36. The number of rotatable bonds is 7. The van der Waals surface area contributed by atoms with E-state index < -0.39 is 10.0 Å². The first kappa shape index (κ1) is 20.9. The Kier molecular flexibility index (Phi) is 6.60. The standard InChI is InChI=1S/C20H24N2O6S/c1-26-16-8-9-19(27-2)18(14-16)22(15-20(23)21-10-12-28-13-11-21)29(24,25)17-6-4-3-5-7-17/h3-9,14H,10-13,15H2,1-2H3. The number of anilines is 1. The molecule has 0 saturated carbocycles. The van der Waals surface area contributed by atoms with Gasteiger partial charge in [-0.05, 0) is 24.3 Å². The molecule has 8 nitrogen and oxygen atoms in total. The monoisotopic (exact) mass is 420 g/mol. The van der Waals surface area contributed by atoms with Crippen LogP contribution in [0, 0.1) is 0 Å². The highest BCUT2D eigenvalue weighted by Gasteiger charge is 2.31. The molecule has 0 N–H and O–H groups in total. The van der Waals surface area contributed by atoms with Crippen LogP contribution in [-0.4, -0.2) is 66.3 Å². The molecule has 9 heteroatoms. The van der Waals surface area contributed by atoms with Crippen molar-refractivity contribution in [3.8, 4) is 11.5 Å². The summed E-state index contributed by atoms with van der Waals surface area (Å²) >= 11 is 0. The zero-order valence-corrected chi connectivity index (χ0v) is 17.2. The van der Waals surface area contributed by atoms with Gasteiger partial charge in [-0.15, -0.1) is 0 Å². The SMILES string of the molecule is COc1ccc(OC)c(N(CC(=O)N2CCOCC2)S(=O)(=O)c2ccccc2)c1. The average Bonchev–Trinajstić information content (AvgIpc) is 2.78. The van der Waals surface area contributed by atoms with Crippen molar-refractivity contribution in [2.24, 2.45) is 0 Å². The molecule has 1 fully saturated rings. The van der Waals surface area contributed by atoms with E-state index in [1.165, 1.54) is 26.4 Å². The van der Waals surface area contributed by atoms with Crippen LogP contribution < -0.4 is 13.8 Å². The number of nitrogens with zero attached hydrogens (tertiary/aromatic N) is 2. The van der Waals surface area contributed by atoms with Gasteiger partial charge >= 0.3 is 0 Å². The van der Waals surface area contributed by atoms with Crippen LogP contribution in [0.3, 0.4) is 0 Å². The van der Waals surface area contributed by atoms with Gasteiger partial charge in [-0.25, -0.2) is 8.42 Å². The van der Waals surface area contributed by atoms with Crippen LogP contribution in [0.2, 0.25) is 0 Å². The fourth-order valence-electron chi connectivity index (χ4n) is 3.05. The quantitative estimate of drug-likeness (QED) is 0.679. The van der Waals surface area contributed by atoms with Crippen molar-refractivity contribution in [3.05, 3.63) is 48.5 Å². The molecule has 1 amide bonds. The number of ether oxygens (including phenoxy) is 3. The predicted octanol–water partition coefficient (Wildman–Crippen LogP) is 1.76. The zero-order chi connectivity index (χ0) is 20.9. The van der Waals surface area contributed by atoms with Crippen LogP contribution in [0.1, 0.15) is 0 Å². The van der Waals surface area contributed by atoms with Gasteiger partial charge in [0.05, 0.1) is 38.0 Å². The van der Waals surface area contributed by atoms with Gasteiger partial charge in [-0.3, -0.25) is 9.10 Å². The predicted molar refractivity (Wildman–Crippen MR) is 108 cm³/mol. The molecule has 3 rings (SSSR count). The second kappa shape index (κ2) is 9.15.